The van der Waals surface area contributed by atoms with Crippen molar-refractivity contribution in [2.75, 3.05) is 32.8 Å². The molecule has 1 aromatic heterocycles. The molecule has 2 heterocycles. The molecule has 0 aliphatic carbocycles. The number of piperazine rings is 1. The number of carbonyl (C=O) groups excluding carboxylic acids is 1. The number of fused-ring (bicyclic) bond motifs is 1. The molecule has 4 rings (SSSR count). The first-order chi connectivity index (χ1) is 16.5. The summed E-state index contributed by atoms with van der Waals surface area (Å²) in [5.41, 5.74) is 2.32. The Kier molecular flexibility index (Phi) is 7.37. The molecule has 0 saturated carbocycles. The van der Waals surface area contributed by atoms with Gasteiger partial charge in [-0.25, -0.2) is 9.18 Å². The Hall–Kier alpha value is -3.52. The van der Waals surface area contributed by atoms with Crippen LogP contribution in [0.2, 0.25) is 0 Å². The van der Waals surface area contributed by atoms with Crippen molar-refractivity contribution in [3.05, 3.63) is 70.7 Å². The number of halogens is 1. The van der Waals surface area contributed by atoms with Gasteiger partial charge in [-0.05, 0) is 48.2 Å². The molecule has 1 saturated heterocycles. The lowest BCUT2D eigenvalue weighted by Gasteiger charge is -2.28. The van der Waals surface area contributed by atoms with E-state index in [0.29, 0.717) is 55.7 Å². The number of carboxylic acid groups (broad SMARTS) is 1. The van der Waals surface area contributed by atoms with Crippen LogP contribution < -0.4 is 10.1 Å². The van der Waals surface area contributed by atoms with Crippen molar-refractivity contribution in [3.63, 3.8) is 0 Å². The maximum atomic E-state index is 13.5. The van der Waals surface area contributed by atoms with E-state index >= 15 is 0 Å². The molecule has 2 aromatic carbocycles. The van der Waals surface area contributed by atoms with E-state index in [9.17, 15) is 19.1 Å². The number of hydrogen-bond acceptors (Lipinski definition) is 5. The number of nitrogens with one attached hydrogen (secondary N) is 1. The number of nitrogens with zero attached hydrogens (tertiary/aromatic N) is 2. The Morgan fingerprint density at radius 3 is 2.53 bits per heavy atom. The lowest BCUT2D eigenvalue weighted by Crippen LogP contribution is -2.46. The van der Waals surface area contributed by atoms with Crippen molar-refractivity contribution in [1.29, 1.82) is 0 Å². The monoisotopic (exact) mass is 465 g/mol. The maximum absolute atomic E-state index is 13.5. The van der Waals surface area contributed by atoms with Crippen LogP contribution in [0.3, 0.4) is 0 Å². The summed E-state index contributed by atoms with van der Waals surface area (Å²) in [6, 6.07) is 9.50. The highest BCUT2D eigenvalue weighted by Crippen LogP contribution is 2.33. The molecule has 1 fully saturated rings. The number of carbonyl (C=O) groups is 2. The second kappa shape index (κ2) is 10.6. The van der Waals surface area contributed by atoms with Crippen molar-refractivity contribution >= 4 is 22.8 Å². The Morgan fingerprint density at radius 1 is 1.12 bits per heavy atom. The van der Waals surface area contributed by atoms with Crippen molar-refractivity contribution in [3.8, 4) is 5.75 Å². The van der Waals surface area contributed by atoms with Crippen molar-refractivity contribution in [1.82, 2.24) is 15.2 Å². The predicted octanol–water partition coefficient (Wildman–Crippen LogP) is 3.89. The third kappa shape index (κ3) is 5.17. The van der Waals surface area contributed by atoms with Crippen LogP contribution in [-0.2, 0) is 6.42 Å². The van der Waals surface area contributed by atoms with Crippen LogP contribution in [0.15, 0.2) is 42.6 Å². The van der Waals surface area contributed by atoms with Gasteiger partial charge in [0.25, 0.3) is 5.91 Å². The first-order valence-electron chi connectivity index (χ1n) is 11.5. The molecule has 1 aliphatic heterocycles. The molecule has 8 heteroatoms. The van der Waals surface area contributed by atoms with Crippen LogP contribution in [0.5, 0.6) is 5.75 Å². The molecule has 0 atom stereocenters. The van der Waals surface area contributed by atoms with Gasteiger partial charge >= 0.3 is 5.97 Å². The number of unbranched alkanes of at least 4 members (excludes halogenated alkanes) is 1. The van der Waals surface area contributed by atoms with E-state index < -0.39 is 5.97 Å². The zero-order valence-electron chi connectivity index (χ0n) is 19.1. The van der Waals surface area contributed by atoms with E-state index in [1.54, 1.807) is 23.2 Å². The van der Waals surface area contributed by atoms with E-state index in [2.05, 4.69) is 10.3 Å². The van der Waals surface area contributed by atoms with Gasteiger partial charge in [0.15, 0.2) is 5.75 Å². The number of aromatic nitrogens is 1. The van der Waals surface area contributed by atoms with Crippen LogP contribution in [-0.4, -0.2) is 59.7 Å². The van der Waals surface area contributed by atoms with E-state index in [0.717, 1.165) is 24.0 Å². The highest BCUT2D eigenvalue weighted by atomic mass is 19.1. The average molecular weight is 466 g/mol. The first-order valence-corrected chi connectivity index (χ1v) is 11.5. The normalized spacial score (nSPS) is 13.8. The van der Waals surface area contributed by atoms with Gasteiger partial charge in [0, 0.05) is 37.8 Å². The Labute approximate surface area is 197 Å². The quantitative estimate of drug-likeness (QED) is 0.491. The summed E-state index contributed by atoms with van der Waals surface area (Å²) in [5, 5.41) is 13.7. The third-order valence-corrected chi connectivity index (χ3v) is 5.91. The number of benzene rings is 2. The van der Waals surface area contributed by atoms with Gasteiger partial charge in [0.2, 0.25) is 0 Å². The SMILES string of the molecule is CCCCOc1c(C(=O)O)cc(C(=O)N2CCNCC2)c2cc(Cc3ccc(F)cc3)cnc12. The fourth-order valence-electron chi connectivity index (χ4n) is 4.08. The molecular weight excluding hydrogens is 437 g/mol. The molecule has 1 aliphatic rings. The number of amides is 1. The Morgan fingerprint density at radius 2 is 1.85 bits per heavy atom. The molecule has 0 spiro atoms. The molecule has 34 heavy (non-hydrogen) atoms. The zero-order chi connectivity index (χ0) is 24.1. The molecular formula is C26H28FN3O4. The van der Waals surface area contributed by atoms with Crippen LogP contribution >= 0.6 is 0 Å². The Balaban J connectivity index is 1.83. The number of hydrogen-bond donors (Lipinski definition) is 2. The van der Waals surface area contributed by atoms with Gasteiger partial charge in [0.1, 0.15) is 16.9 Å². The van der Waals surface area contributed by atoms with E-state index in [1.807, 2.05) is 13.0 Å². The summed E-state index contributed by atoms with van der Waals surface area (Å²) in [6.07, 6.45) is 3.82. The largest absolute Gasteiger partial charge is 0.490 e. The molecule has 0 radical (unpaired) electrons. The van der Waals surface area contributed by atoms with Gasteiger partial charge < -0.3 is 20.1 Å². The lowest BCUT2D eigenvalue weighted by molar-refractivity contribution is 0.0692. The molecule has 2 N–H and O–H groups in total. The number of aromatic carboxylic acids is 1. The smallest absolute Gasteiger partial charge is 0.339 e. The fourth-order valence-corrected chi connectivity index (χ4v) is 4.08. The summed E-state index contributed by atoms with van der Waals surface area (Å²) < 4.78 is 19.2. The lowest BCUT2D eigenvalue weighted by atomic mass is 9.98. The van der Waals surface area contributed by atoms with Crippen molar-refractivity contribution in [2.24, 2.45) is 0 Å². The summed E-state index contributed by atoms with van der Waals surface area (Å²) >= 11 is 0. The van der Waals surface area contributed by atoms with Gasteiger partial charge in [-0.3, -0.25) is 9.78 Å². The molecule has 1 amide bonds. The topological polar surface area (TPSA) is 91.8 Å². The minimum atomic E-state index is -1.17. The fraction of sp³-hybridized carbons (Fsp3) is 0.346. The van der Waals surface area contributed by atoms with E-state index in [1.165, 1.54) is 18.2 Å². The number of rotatable bonds is 8. The highest BCUT2D eigenvalue weighted by Gasteiger charge is 2.26. The zero-order valence-corrected chi connectivity index (χ0v) is 19.1. The molecule has 0 unspecified atom stereocenters. The summed E-state index contributed by atoms with van der Waals surface area (Å²) in [5.74, 6) is -1.52. The Bertz CT molecular complexity index is 1190. The highest BCUT2D eigenvalue weighted by molar-refractivity contribution is 6.11. The summed E-state index contributed by atoms with van der Waals surface area (Å²) in [4.78, 5) is 31.9. The van der Waals surface area contributed by atoms with Crippen molar-refractivity contribution in [2.45, 2.75) is 26.2 Å². The standard InChI is InChI=1S/C26H28FN3O4/c1-2-3-12-34-24-22(26(32)33)15-21(25(31)30-10-8-28-9-11-30)20-14-18(16-29-23(20)24)13-17-4-6-19(27)7-5-17/h4-7,14-16,28H,2-3,8-13H2,1H3,(H,32,33). The molecule has 7 nitrogen and oxygen atoms in total. The van der Waals surface area contributed by atoms with Crippen LogP contribution in [0.25, 0.3) is 10.9 Å². The minimum absolute atomic E-state index is 0.0686. The molecule has 0 bridgehead atoms. The summed E-state index contributed by atoms with van der Waals surface area (Å²) in [7, 11) is 0. The van der Waals surface area contributed by atoms with Gasteiger partial charge in [-0.1, -0.05) is 25.5 Å². The molecule has 3 aromatic rings. The minimum Gasteiger partial charge on any atom is -0.490 e. The van der Waals surface area contributed by atoms with Gasteiger partial charge in [0.05, 0.1) is 12.2 Å². The second-order valence-electron chi connectivity index (χ2n) is 8.39. The van der Waals surface area contributed by atoms with Crippen LogP contribution in [0.4, 0.5) is 4.39 Å². The van der Waals surface area contributed by atoms with E-state index in [-0.39, 0.29) is 23.0 Å². The van der Waals surface area contributed by atoms with E-state index in [4.69, 9.17) is 4.74 Å². The number of ether oxygens (including phenoxy) is 1. The molecule has 178 valence electrons. The van der Waals surface area contributed by atoms with Gasteiger partial charge in [-0.15, -0.1) is 0 Å². The van der Waals surface area contributed by atoms with Crippen LogP contribution in [0.1, 0.15) is 51.6 Å². The summed E-state index contributed by atoms with van der Waals surface area (Å²) in [6.45, 7) is 4.83. The predicted molar refractivity (Wildman–Crippen MR) is 127 cm³/mol. The van der Waals surface area contributed by atoms with Crippen molar-refractivity contribution < 1.29 is 23.8 Å². The maximum Gasteiger partial charge on any atom is 0.339 e. The second-order valence-corrected chi connectivity index (χ2v) is 8.39. The van der Waals surface area contributed by atoms with Gasteiger partial charge in [-0.2, -0.15) is 0 Å². The third-order valence-electron chi connectivity index (χ3n) is 5.91. The number of pyridine rings is 1. The average Bonchev–Trinajstić information content (AvgIpc) is 2.85. The van der Waals surface area contributed by atoms with Crippen LogP contribution in [0, 0.1) is 5.82 Å². The number of carboxylic acids is 1. The first kappa shape index (κ1) is 23.6.